The smallest absolute Gasteiger partial charge is 1.00 e. The van der Waals surface area contributed by atoms with E-state index in [9.17, 15) is 15.0 Å². The van der Waals surface area contributed by atoms with Gasteiger partial charge in [0.25, 0.3) is 0 Å². The van der Waals surface area contributed by atoms with Gasteiger partial charge in [0.05, 0.1) is 18.8 Å². The van der Waals surface area contributed by atoms with Crippen LogP contribution in [0.5, 0.6) is 0 Å². The fourth-order valence-electron chi connectivity index (χ4n) is 2.21. The molecule has 0 amide bonds. The van der Waals surface area contributed by atoms with E-state index in [-0.39, 0.29) is 42.5 Å². The molecule has 2 unspecified atom stereocenters. The Morgan fingerprint density at radius 1 is 1.35 bits per heavy atom. The maximum atomic E-state index is 11.7. The molecule has 0 saturated carbocycles. The number of nitrogens with one attached hydrogen (secondary N) is 2. The van der Waals surface area contributed by atoms with Gasteiger partial charge < -0.3 is 17.0 Å². The fourth-order valence-corrected chi connectivity index (χ4v) is 3.73. The largest absolute Gasteiger partial charge is 1.00 e. The molecule has 0 radical (unpaired) electrons. The van der Waals surface area contributed by atoms with E-state index in [0.29, 0.717) is 27.1 Å². The summed E-state index contributed by atoms with van der Waals surface area (Å²) >= 11 is 2.45. The molecule has 134 valence electrons. The second kappa shape index (κ2) is 9.84. The molecule has 0 fully saturated rings. The number of rotatable bonds is 7. The molecule has 4 N–H and O–H groups in total. The van der Waals surface area contributed by atoms with Crippen molar-refractivity contribution in [1.29, 1.82) is 0 Å². The molecular weight excluding hydrogens is 383 g/mol. The van der Waals surface area contributed by atoms with Gasteiger partial charge in [-0.25, -0.2) is 9.97 Å². The number of aromatic nitrogens is 3. The van der Waals surface area contributed by atoms with E-state index in [1.165, 1.54) is 11.8 Å². The van der Waals surface area contributed by atoms with Crippen molar-refractivity contribution in [3.63, 3.8) is 0 Å². The summed E-state index contributed by atoms with van der Waals surface area (Å²) in [4.78, 5) is 23.0. The van der Waals surface area contributed by atoms with Gasteiger partial charge in [-0.2, -0.15) is 0 Å². The van der Waals surface area contributed by atoms with Crippen LogP contribution in [0.25, 0.3) is 10.3 Å². The third-order valence-electron chi connectivity index (χ3n) is 3.57. The SMILES string of the molecule is CC(O)C(CO)Nc1nc(SCc2ccccc2)nc2[nH]c(=O)sc12.[H-].[Na+]. The molecule has 26 heavy (non-hydrogen) atoms. The second-order valence-electron chi connectivity index (χ2n) is 5.50. The van der Waals surface area contributed by atoms with Crippen LogP contribution < -0.4 is 39.7 Å². The van der Waals surface area contributed by atoms with E-state index in [1.807, 2.05) is 30.3 Å². The van der Waals surface area contributed by atoms with Crippen molar-refractivity contribution in [2.75, 3.05) is 11.9 Å². The maximum absolute atomic E-state index is 11.7. The number of aliphatic hydroxyl groups is 2. The summed E-state index contributed by atoms with van der Waals surface area (Å²) in [5.41, 5.74) is 1.59. The third-order valence-corrected chi connectivity index (χ3v) is 5.37. The van der Waals surface area contributed by atoms with Crippen LogP contribution >= 0.6 is 23.1 Å². The Morgan fingerprint density at radius 2 is 2.08 bits per heavy atom. The summed E-state index contributed by atoms with van der Waals surface area (Å²) in [7, 11) is 0. The van der Waals surface area contributed by atoms with Crippen LogP contribution in [-0.4, -0.2) is 43.9 Å². The quantitative estimate of drug-likeness (QED) is 0.227. The monoisotopic (exact) mass is 402 g/mol. The van der Waals surface area contributed by atoms with Crippen molar-refractivity contribution in [2.24, 2.45) is 0 Å². The van der Waals surface area contributed by atoms with Gasteiger partial charge in [-0.05, 0) is 12.5 Å². The van der Waals surface area contributed by atoms with Crippen LogP contribution in [0.1, 0.15) is 13.9 Å². The number of thiazole rings is 1. The van der Waals surface area contributed by atoms with Gasteiger partial charge >= 0.3 is 34.4 Å². The molecule has 3 aromatic rings. The summed E-state index contributed by atoms with van der Waals surface area (Å²) in [5, 5.41) is 22.7. The molecule has 0 aliphatic carbocycles. The molecule has 2 aromatic heterocycles. The topological polar surface area (TPSA) is 111 Å². The number of fused-ring (bicyclic) bond motifs is 1. The first-order valence-corrected chi connectivity index (χ1v) is 9.50. The number of H-pyrrole nitrogens is 1. The van der Waals surface area contributed by atoms with Gasteiger partial charge in [0.2, 0.25) is 0 Å². The molecule has 3 rings (SSSR count). The van der Waals surface area contributed by atoms with Crippen molar-refractivity contribution < 1.29 is 41.2 Å². The predicted octanol–water partition coefficient (Wildman–Crippen LogP) is -1.06. The Hall–Kier alpha value is -0.940. The number of thioether (sulfide) groups is 1. The molecule has 2 atom stereocenters. The zero-order chi connectivity index (χ0) is 17.8. The van der Waals surface area contributed by atoms with Crippen LogP contribution in [0.3, 0.4) is 0 Å². The second-order valence-corrected chi connectivity index (χ2v) is 7.42. The van der Waals surface area contributed by atoms with E-state index in [2.05, 4.69) is 20.3 Å². The number of benzene rings is 1. The molecule has 7 nitrogen and oxygen atoms in total. The van der Waals surface area contributed by atoms with Gasteiger partial charge in [-0.15, -0.1) is 0 Å². The number of anilines is 1. The number of aromatic amines is 1. The first kappa shape index (κ1) is 21.4. The van der Waals surface area contributed by atoms with Gasteiger partial charge in [-0.1, -0.05) is 53.4 Å². The summed E-state index contributed by atoms with van der Waals surface area (Å²) in [5.74, 6) is 1.13. The molecule has 0 bridgehead atoms. The Bertz CT molecular complexity index is 908. The van der Waals surface area contributed by atoms with Crippen LogP contribution in [0.15, 0.2) is 40.3 Å². The molecule has 1 aromatic carbocycles. The van der Waals surface area contributed by atoms with Crippen molar-refractivity contribution in [3.8, 4) is 0 Å². The molecule has 10 heteroatoms. The summed E-state index contributed by atoms with van der Waals surface area (Å²) in [6.45, 7) is 1.33. The minimum atomic E-state index is -0.772. The first-order chi connectivity index (χ1) is 12.1. The van der Waals surface area contributed by atoms with Gasteiger partial charge in [-0.3, -0.25) is 9.78 Å². The minimum absolute atomic E-state index is 0. The van der Waals surface area contributed by atoms with Crippen LogP contribution in [0.2, 0.25) is 0 Å². The van der Waals surface area contributed by atoms with Crippen molar-refractivity contribution >= 4 is 39.3 Å². The standard InChI is InChI=1S/C16H18N4O3S2.Na.H/c1-9(22)11(7-21)17-13-12-14(20-16(23)25-12)19-15(18-13)24-8-10-5-3-2-4-6-10;;/h2-6,9,11,21-22H,7-8H2,1H3,(H2,17,18,19,20,23);;/q;+1;-1. The number of aliphatic hydroxyl groups excluding tert-OH is 2. The van der Waals surface area contributed by atoms with Gasteiger partial charge in [0.1, 0.15) is 4.70 Å². The average molecular weight is 402 g/mol. The third kappa shape index (κ3) is 5.29. The maximum Gasteiger partial charge on any atom is 1.00 e. The molecule has 0 aliphatic heterocycles. The fraction of sp³-hybridized carbons (Fsp3) is 0.312. The van der Waals surface area contributed by atoms with Crippen LogP contribution in [0.4, 0.5) is 5.82 Å². The molecule has 2 heterocycles. The van der Waals surface area contributed by atoms with Crippen molar-refractivity contribution in [2.45, 2.75) is 30.0 Å². The van der Waals surface area contributed by atoms with E-state index < -0.39 is 12.1 Å². The normalized spacial score (nSPS) is 13.2. The van der Waals surface area contributed by atoms with Crippen molar-refractivity contribution in [3.05, 3.63) is 45.6 Å². The molecule has 0 aliphatic rings. The summed E-state index contributed by atoms with van der Waals surface area (Å²) in [6, 6.07) is 9.36. The molecule has 0 spiro atoms. The van der Waals surface area contributed by atoms with Crippen molar-refractivity contribution in [1.82, 2.24) is 15.0 Å². The Morgan fingerprint density at radius 3 is 2.73 bits per heavy atom. The number of nitrogens with zero attached hydrogens (tertiary/aromatic N) is 2. The molecule has 0 saturated heterocycles. The minimum Gasteiger partial charge on any atom is -1.00 e. The zero-order valence-corrected chi connectivity index (χ0v) is 18.1. The van der Waals surface area contributed by atoms with E-state index in [1.54, 1.807) is 6.92 Å². The first-order valence-electron chi connectivity index (χ1n) is 7.70. The molecular formula is C16H19N4NaO3S2. The van der Waals surface area contributed by atoms with Crippen LogP contribution in [0, 0.1) is 0 Å². The zero-order valence-electron chi connectivity index (χ0n) is 15.5. The van der Waals surface area contributed by atoms with Gasteiger partial charge in [0.15, 0.2) is 16.6 Å². The average Bonchev–Trinajstić information content (AvgIpc) is 2.98. The Balaban J connectivity index is 0.00000182. The van der Waals surface area contributed by atoms with E-state index >= 15 is 0 Å². The van der Waals surface area contributed by atoms with Crippen LogP contribution in [-0.2, 0) is 5.75 Å². The predicted molar refractivity (Wildman–Crippen MR) is 101 cm³/mol. The Labute approximate surface area is 182 Å². The van der Waals surface area contributed by atoms with E-state index in [4.69, 9.17) is 0 Å². The Kier molecular flexibility index (Phi) is 8.08. The van der Waals surface area contributed by atoms with E-state index in [0.717, 1.165) is 16.9 Å². The summed E-state index contributed by atoms with van der Waals surface area (Å²) in [6.07, 6.45) is -0.772. The summed E-state index contributed by atoms with van der Waals surface area (Å²) < 4.78 is 0.577. The number of hydrogen-bond acceptors (Lipinski definition) is 8. The van der Waals surface area contributed by atoms with Gasteiger partial charge in [0, 0.05) is 5.75 Å². The number of hydrogen-bond donors (Lipinski definition) is 4.